The lowest BCUT2D eigenvalue weighted by Gasteiger charge is -2.37. The Bertz CT molecular complexity index is 1150. The van der Waals surface area contributed by atoms with Crippen molar-refractivity contribution in [3.63, 3.8) is 0 Å². The van der Waals surface area contributed by atoms with Gasteiger partial charge in [0.1, 0.15) is 5.69 Å². The maximum atomic E-state index is 12.7. The molecule has 162 valence electrons. The normalized spacial score (nSPS) is 14.6. The second-order valence-electron chi connectivity index (χ2n) is 7.07. The molecule has 1 aliphatic heterocycles. The molecule has 1 saturated heterocycles. The highest BCUT2D eigenvalue weighted by Gasteiger charge is 2.36. The molecule has 0 N–H and O–H groups in total. The maximum Gasteiger partial charge on any atom is 0.253 e. The van der Waals surface area contributed by atoms with Crippen molar-refractivity contribution < 1.29 is 17.7 Å². The van der Waals surface area contributed by atoms with Gasteiger partial charge >= 0.3 is 0 Å². The van der Waals surface area contributed by atoms with Crippen LogP contribution in [0.1, 0.15) is 36.0 Å². The molecule has 1 aromatic carbocycles. The number of aromatic nitrogens is 4. The van der Waals surface area contributed by atoms with Gasteiger partial charge in [-0.3, -0.25) is 9.78 Å². The lowest BCUT2D eigenvalue weighted by atomic mass is 9.99. The molecule has 1 amide bonds. The van der Waals surface area contributed by atoms with E-state index in [1.54, 1.807) is 49.5 Å². The number of hydrogen-bond donors (Lipinski definition) is 0. The topological polar surface area (TPSA) is 122 Å². The largest absolute Gasteiger partial charge is 0.338 e. The van der Waals surface area contributed by atoms with Gasteiger partial charge in [0.25, 0.3) is 5.91 Å². The van der Waals surface area contributed by atoms with Crippen LogP contribution >= 0.6 is 0 Å². The molecule has 0 radical (unpaired) electrons. The fourth-order valence-corrected chi connectivity index (χ4v) is 4.84. The van der Waals surface area contributed by atoms with E-state index in [2.05, 4.69) is 20.1 Å². The molecule has 0 unspecified atom stereocenters. The predicted molar refractivity (Wildman–Crippen MR) is 111 cm³/mol. The first kappa shape index (κ1) is 21.1. The van der Waals surface area contributed by atoms with E-state index < -0.39 is 10.0 Å². The number of amides is 1. The van der Waals surface area contributed by atoms with Gasteiger partial charge in [-0.15, -0.1) is 0 Å². The third-order valence-electron chi connectivity index (χ3n) is 5.20. The quantitative estimate of drug-likeness (QED) is 0.543. The van der Waals surface area contributed by atoms with E-state index in [9.17, 15) is 13.2 Å². The summed E-state index contributed by atoms with van der Waals surface area (Å²) in [5, 5.41) is 3.93. The third kappa shape index (κ3) is 4.06. The summed E-state index contributed by atoms with van der Waals surface area (Å²) in [4.78, 5) is 27.0. The standard InChI is InChI=1S/C20H22N6O4S/c1-3-26(4-2)31(28,29)16-7-5-14(6-8-16)20(27)25-12-15(13-25)19-23-18(24-30-19)17-11-21-9-10-22-17/h5-11,15H,3-4,12-13H2,1-2H3. The van der Waals surface area contributed by atoms with Crippen molar-refractivity contribution in [1.82, 2.24) is 29.3 Å². The van der Waals surface area contributed by atoms with Gasteiger partial charge in [0.05, 0.1) is 17.0 Å². The van der Waals surface area contributed by atoms with Crippen LogP contribution in [-0.2, 0) is 10.0 Å². The molecule has 0 saturated carbocycles. The number of rotatable bonds is 7. The summed E-state index contributed by atoms with van der Waals surface area (Å²) in [6.45, 7) is 5.25. The zero-order chi connectivity index (χ0) is 22.0. The molecule has 10 nitrogen and oxygen atoms in total. The average molecular weight is 443 g/mol. The lowest BCUT2D eigenvalue weighted by molar-refractivity contribution is 0.0569. The van der Waals surface area contributed by atoms with Crippen LogP contribution in [0, 0.1) is 0 Å². The molecule has 3 heterocycles. The Morgan fingerprint density at radius 2 is 1.87 bits per heavy atom. The van der Waals surface area contributed by atoms with Gasteiger partial charge in [-0.1, -0.05) is 19.0 Å². The zero-order valence-electron chi connectivity index (χ0n) is 17.2. The van der Waals surface area contributed by atoms with Crippen molar-refractivity contribution in [2.45, 2.75) is 24.7 Å². The minimum Gasteiger partial charge on any atom is -0.338 e. The van der Waals surface area contributed by atoms with Crippen LogP contribution in [0.4, 0.5) is 0 Å². The van der Waals surface area contributed by atoms with Gasteiger partial charge in [0.2, 0.25) is 21.7 Å². The summed E-state index contributed by atoms with van der Waals surface area (Å²) in [6.07, 6.45) is 4.66. The van der Waals surface area contributed by atoms with Crippen LogP contribution in [0.15, 0.2) is 52.3 Å². The van der Waals surface area contributed by atoms with Crippen molar-refractivity contribution in [2.75, 3.05) is 26.2 Å². The Kier molecular flexibility index (Phi) is 5.79. The van der Waals surface area contributed by atoms with Gasteiger partial charge in [0, 0.05) is 44.1 Å². The average Bonchev–Trinajstić information content (AvgIpc) is 3.24. The van der Waals surface area contributed by atoms with E-state index in [1.807, 2.05) is 0 Å². The van der Waals surface area contributed by atoms with E-state index in [1.165, 1.54) is 16.4 Å². The summed E-state index contributed by atoms with van der Waals surface area (Å²) in [7, 11) is -3.55. The Balaban J connectivity index is 1.39. The Labute approximate surface area is 180 Å². The Morgan fingerprint density at radius 3 is 2.48 bits per heavy atom. The molecule has 0 bridgehead atoms. The van der Waals surface area contributed by atoms with Crippen molar-refractivity contribution >= 4 is 15.9 Å². The molecular formula is C20H22N6O4S. The van der Waals surface area contributed by atoms with E-state index in [0.717, 1.165) is 0 Å². The monoisotopic (exact) mass is 442 g/mol. The number of benzene rings is 1. The van der Waals surface area contributed by atoms with Gasteiger partial charge in [0.15, 0.2) is 0 Å². The smallest absolute Gasteiger partial charge is 0.253 e. The highest BCUT2D eigenvalue weighted by Crippen LogP contribution is 2.28. The second-order valence-corrected chi connectivity index (χ2v) is 9.01. The van der Waals surface area contributed by atoms with Gasteiger partial charge in [-0.25, -0.2) is 13.4 Å². The summed E-state index contributed by atoms with van der Waals surface area (Å²) < 4.78 is 31.9. The minimum absolute atomic E-state index is 0.0517. The number of likely N-dealkylation sites (tertiary alicyclic amines) is 1. The summed E-state index contributed by atoms with van der Waals surface area (Å²) >= 11 is 0. The fraction of sp³-hybridized carbons (Fsp3) is 0.350. The number of carbonyl (C=O) groups excluding carboxylic acids is 1. The van der Waals surface area contributed by atoms with Crippen LogP contribution in [0.5, 0.6) is 0 Å². The maximum absolute atomic E-state index is 12.7. The van der Waals surface area contributed by atoms with Crippen molar-refractivity contribution in [1.29, 1.82) is 0 Å². The molecule has 0 atom stereocenters. The highest BCUT2D eigenvalue weighted by molar-refractivity contribution is 7.89. The SMILES string of the molecule is CCN(CC)S(=O)(=O)c1ccc(C(=O)N2CC(c3nc(-c4cnccn4)no3)C2)cc1. The van der Waals surface area contributed by atoms with Crippen LogP contribution in [0.2, 0.25) is 0 Å². The number of sulfonamides is 1. The molecule has 4 rings (SSSR count). The molecule has 1 fully saturated rings. The first-order valence-electron chi connectivity index (χ1n) is 9.93. The minimum atomic E-state index is -3.55. The molecule has 0 spiro atoms. The van der Waals surface area contributed by atoms with E-state index in [-0.39, 0.29) is 16.7 Å². The Hall–Kier alpha value is -3.18. The highest BCUT2D eigenvalue weighted by atomic mass is 32.2. The molecule has 1 aliphatic rings. The third-order valence-corrected chi connectivity index (χ3v) is 7.26. The molecule has 11 heteroatoms. The molecule has 31 heavy (non-hydrogen) atoms. The van der Waals surface area contributed by atoms with Gasteiger partial charge in [-0.2, -0.15) is 9.29 Å². The van der Waals surface area contributed by atoms with E-state index in [4.69, 9.17) is 4.52 Å². The van der Waals surface area contributed by atoms with E-state index >= 15 is 0 Å². The summed E-state index contributed by atoms with van der Waals surface area (Å²) in [5.74, 6) is 0.587. The first-order chi connectivity index (χ1) is 14.9. The van der Waals surface area contributed by atoms with Crippen LogP contribution in [0.25, 0.3) is 11.5 Å². The van der Waals surface area contributed by atoms with Crippen molar-refractivity contribution in [3.8, 4) is 11.5 Å². The molecule has 0 aliphatic carbocycles. The first-order valence-corrected chi connectivity index (χ1v) is 11.4. The number of hydrogen-bond acceptors (Lipinski definition) is 8. The van der Waals surface area contributed by atoms with E-state index in [0.29, 0.717) is 49.2 Å². The van der Waals surface area contributed by atoms with Crippen LogP contribution in [-0.4, -0.2) is 69.8 Å². The molecule has 2 aromatic heterocycles. The molecular weight excluding hydrogens is 420 g/mol. The number of nitrogens with zero attached hydrogens (tertiary/aromatic N) is 6. The summed E-state index contributed by atoms with van der Waals surface area (Å²) in [6, 6.07) is 6.04. The molecule has 3 aromatic rings. The number of carbonyl (C=O) groups is 1. The Morgan fingerprint density at radius 1 is 1.16 bits per heavy atom. The zero-order valence-corrected chi connectivity index (χ0v) is 18.0. The van der Waals surface area contributed by atoms with Crippen molar-refractivity contribution in [2.24, 2.45) is 0 Å². The van der Waals surface area contributed by atoms with Gasteiger partial charge < -0.3 is 9.42 Å². The van der Waals surface area contributed by atoms with Crippen LogP contribution in [0.3, 0.4) is 0 Å². The van der Waals surface area contributed by atoms with Gasteiger partial charge in [-0.05, 0) is 24.3 Å². The van der Waals surface area contributed by atoms with Crippen molar-refractivity contribution in [3.05, 3.63) is 54.3 Å². The predicted octanol–water partition coefficient (Wildman–Crippen LogP) is 1.80. The fourth-order valence-electron chi connectivity index (χ4n) is 3.38. The summed E-state index contributed by atoms with van der Waals surface area (Å²) in [5.41, 5.74) is 0.951. The van der Waals surface area contributed by atoms with Crippen LogP contribution < -0.4 is 0 Å². The second kappa shape index (κ2) is 8.52. The lowest BCUT2D eigenvalue weighted by Crippen LogP contribution is -2.48.